The van der Waals surface area contributed by atoms with Crippen molar-refractivity contribution in [2.24, 2.45) is 0 Å². The molecule has 8 heteroatoms. The van der Waals surface area contributed by atoms with Crippen LogP contribution in [0.3, 0.4) is 0 Å². The molecule has 1 atom stereocenters. The molecule has 0 radical (unpaired) electrons. The topological polar surface area (TPSA) is 113 Å². The van der Waals surface area contributed by atoms with Gasteiger partial charge in [0.2, 0.25) is 0 Å². The van der Waals surface area contributed by atoms with Gasteiger partial charge in [-0.05, 0) is 19.6 Å². The summed E-state index contributed by atoms with van der Waals surface area (Å²) in [5.74, 6) is -0.981. The molecular formula is C28H33GeNO5Sn. The van der Waals surface area contributed by atoms with Crippen LogP contribution in [0, 0.1) is 0 Å². The van der Waals surface area contributed by atoms with Crippen molar-refractivity contribution in [1.29, 1.82) is 0 Å². The number of aliphatic carboxylic acids is 1. The van der Waals surface area contributed by atoms with E-state index in [0.717, 1.165) is 0 Å². The molecule has 0 aliphatic carbocycles. The Kier molecular flexibility index (Phi) is 15.9. The number of carboxylic acids is 1. The van der Waals surface area contributed by atoms with Crippen molar-refractivity contribution < 1.29 is 25.2 Å². The van der Waals surface area contributed by atoms with Crippen LogP contribution >= 0.6 is 0 Å². The van der Waals surface area contributed by atoms with Crippen molar-refractivity contribution in [3.63, 3.8) is 0 Å². The van der Waals surface area contributed by atoms with Gasteiger partial charge in [0.05, 0.1) is 0 Å². The van der Waals surface area contributed by atoms with Crippen LogP contribution < -0.4 is 33.6 Å². The van der Waals surface area contributed by atoms with Gasteiger partial charge in [-0.1, -0.05) is 0 Å². The van der Waals surface area contributed by atoms with Crippen molar-refractivity contribution in [2.75, 3.05) is 39.5 Å². The molecule has 0 fully saturated rings. The van der Waals surface area contributed by atoms with Crippen molar-refractivity contribution >= 4 is 56.3 Å². The van der Waals surface area contributed by atoms with Crippen LogP contribution in [0.5, 0.6) is 0 Å². The van der Waals surface area contributed by atoms with Gasteiger partial charge in [-0.3, -0.25) is 0 Å². The summed E-state index contributed by atoms with van der Waals surface area (Å²) >= 11 is -3.20. The fourth-order valence-electron chi connectivity index (χ4n) is 4.58. The van der Waals surface area contributed by atoms with Gasteiger partial charge in [-0.25, -0.2) is 0 Å². The van der Waals surface area contributed by atoms with Crippen molar-refractivity contribution in [3.8, 4) is 0 Å². The van der Waals surface area contributed by atoms with Crippen LogP contribution in [0.15, 0.2) is 91.0 Å². The molecule has 3 rings (SSSR count). The Bertz CT molecular complexity index is 868. The molecule has 0 saturated carbocycles. The van der Waals surface area contributed by atoms with Crippen LogP contribution in [0.4, 0.5) is 0 Å². The molecule has 0 spiro atoms. The molecular weight excluding hydrogens is 622 g/mol. The van der Waals surface area contributed by atoms with E-state index in [0.29, 0.717) is 19.6 Å². The predicted molar refractivity (Wildman–Crippen MR) is 140 cm³/mol. The maximum atomic E-state index is 11.5. The molecule has 0 N–H and O–H groups in total. The zero-order valence-corrected chi connectivity index (χ0v) is 25.6. The monoisotopic (exact) mass is 657 g/mol. The molecule has 188 valence electrons. The molecule has 0 aliphatic rings. The van der Waals surface area contributed by atoms with E-state index in [4.69, 9.17) is 0 Å². The van der Waals surface area contributed by atoms with Crippen LogP contribution in [-0.2, 0) is 4.79 Å². The molecule has 0 aliphatic heterocycles. The van der Waals surface area contributed by atoms with Crippen LogP contribution in [0.1, 0.15) is 13.3 Å². The maximum Gasteiger partial charge on any atom is 4.00 e. The number of carbonyl (C=O) groups excluding carboxylic acids is 1. The first kappa shape index (κ1) is 32.3. The van der Waals surface area contributed by atoms with E-state index in [9.17, 15) is 25.2 Å². The molecule has 0 amide bonds. The molecule has 6 nitrogen and oxygen atoms in total. The smallest absolute Gasteiger partial charge is 0.854 e. The summed E-state index contributed by atoms with van der Waals surface area (Å²) in [4.78, 5) is 13.1. The Hall–Kier alpha value is -1.69. The molecule has 0 saturated heterocycles. The molecule has 36 heavy (non-hydrogen) atoms. The van der Waals surface area contributed by atoms with E-state index in [1.54, 1.807) is 4.90 Å². The number of hydrogen-bond donors (Lipinski definition) is 0. The molecule has 0 bridgehead atoms. The van der Waals surface area contributed by atoms with Crippen molar-refractivity contribution in [2.45, 2.75) is 18.1 Å². The van der Waals surface area contributed by atoms with Crippen molar-refractivity contribution in [3.05, 3.63) is 91.0 Å². The standard InChI is InChI=1S/C22H22GeO2.C6H12NO3.Sn/c1-18(17-22(24)25)23(19-11-5-2-6-12-19,20-13-7-3-8-14-20)21-15-9-4-10-16-21;8-4-1-7(2-5-9)3-6-10;/h2-16,18H,17H2,1H3,(H,24,25);1-6H2;/q;-3;+4/p-1. The largest absolute Gasteiger partial charge is 4.00 e. The van der Waals surface area contributed by atoms with Crippen molar-refractivity contribution in [1.82, 2.24) is 4.90 Å². The summed E-state index contributed by atoms with van der Waals surface area (Å²) in [5.41, 5.74) is 0. The predicted octanol–water partition coefficient (Wildman–Crippen LogP) is -2.32. The zero-order valence-electron chi connectivity index (χ0n) is 20.7. The second-order valence-corrected chi connectivity index (χ2v) is 17.4. The number of carboxylic acid groups (broad SMARTS) is 1. The number of carbonyl (C=O) groups is 1. The Labute approximate surface area is 233 Å². The fourth-order valence-corrected chi connectivity index (χ4v) is 15.8. The normalized spacial score (nSPS) is 11.7. The summed E-state index contributed by atoms with van der Waals surface area (Å²) in [6.45, 7) is 2.34. The fraction of sp³-hybridized carbons (Fsp3) is 0.321. The SMILES string of the molecule is C[CH](CC(=O)[O-])[Ge]([c]1ccccc1)([c]1ccccc1)[c]1ccccc1.[O-]CCN(CC[O-])CC[O-].[Sn+4]. The third kappa shape index (κ3) is 9.01. The quantitative estimate of drug-likeness (QED) is 0.203. The van der Waals surface area contributed by atoms with Crippen LogP contribution in [-0.4, -0.2) is 87.5 Å². The Morgan fingerprint density at radius 3 is 1.25 bits per heavy atom. The third-order valence-corrected chi connectivity index (χ3v) is 17.5. The van der Waals surface area contributed by atoms with E-state index in [1.807, 2.05) is 54.6 Å². The van der Waals surface area contributed by atoms with Gasteiger partial charge >= 0.3 is 175 Å². The Balaban J connectivity index is 0.000000504. The minimum atomic E-state index is -3.20. The molecule has 0 aromatic heterocycles. The average molecular weight is 655 g/mol. The summed E-state index contributed by atoms with van der Waals surface area (Å²) in [6.07, 6.45) is 0.0681. The second-order valence-electron chi connectivity index (χ2n) is 8.34. The van der Waals surface area contributed by atoms with Gasteiger partial charge < -0.3 is 20.2 Å². The van der Waals surface area contributed by atoms with E-state index < -0.39 is 19.2 Å². The van der Waals surface area contributed by atoms with Gasteiger partial charge in [0.25, 0.3) is 0 Å². The van der Waals surface area contributed by atoms with E-state index in [1.165, 1.54) is 13.2 Å². The summed E-state index contributed by atoms with van der Waals surface area (Å²) in [6, 6.07) is 31.3. The van der Waals surface area contributed by atoms with Gasteiger partial charge in [0, 0.05) is 0 Å². The van der Waals surface area contributed by atoms with Gasteiger partial charge in [0.15, 0.2) is 0 Å². The molecule has 0 heterocycles. The summed E-state index contributed by atoms with van der Waals surface area (Å²) in [7, 11) is 0. The number of nitrogens with zero attached hydrogens (tertiary/aromatic N) is 1. The zero-order chi connectivity index (χ0) is 25.5. The Morgan fingerprint density at radius 2 is 1.00 bits per heavy atom. The number of rotatable bonds is 12. The summed E-state index contributed by atoms with van der Waals surface area (Å²) < 4.78 is 3.83. The first-order chi connectivity index (χ1) is 17.0. The first-order valence-electron chi connectivity index (χ1n) is 11.8. The first-order valence-corrected chi connectivity index (χ1v) is 16.2. The molecule has 3 aromatic rings. The second kappa shape index (κ2) is 17.7. The van der Waals surface area contributed by atoms with E-state index in [2.05, 4.69) is 43.3 Å². The number of benzene rings is 3. The van der Waals surface area contributed by atoms with E-state index >= 15 is 0 Å². The Morgan fingerprint density at radius 1 is 0.694 bits per heavy atom. The third-order valence-electron chi connectivity index (χ3n) is 6.12. The molecule has 3 aromatic carbocycles. The van der Waals surface area contributed by atoms with Crippen LogP contribution in [0.25, 0.3) is 0 Å². The van der Waals surface area contributed by atoms with Gasteiger partial charge in [0.1, 0.15) is 0 Å². The minimum Gasteiger partial charge on any atom is -0.854 e. The van der Waals surface area contributed by atoms with Gasteiger partial charge in [-0.2, -0.15) is 0 Å². The summed E-state index contributed by atoms with van der Waals surface area (Å²) in [5, 5.41) is 41.6. The van der Waals surface area contributed by atoms with E-state index in [-0.39, 0.29) is 54.9 Å². The molecule has 1 unspecified atom stereocenters. The van der Waals surface area contributed by atoms with Crippen LogP contribution in [0.2, 0.25) is 4.75 Å². The maximum absolute atomic E-state index is 11.5. The average Bonchev–Trinajstić information content (AvgIpc) is 2.87. The van der Waals surface area contributed by atoms with Gasteiger partial charge in [-0.15, -0.1) is 19.8 Å². The number of hydrogen-bond acceptors (Lipinski definition) is 6. The minimum absolute atomic E-state index is 0.